The first-order valence-electron chi connectivity index (χ1n) is 8.56. The van der Waals surface area contributed by atoms with Crippen LogP contribution >= 0.6 is 11.3 Å². The average Bonchev–Trinajstić information content (AvgIpc) is 3.08. The van der Waals surface area contributed by atoms with Crippen LogP contribution in [-0.4, -0.2) is 43.0 Å². The standard InChI is InChI=1S/C19H21N3O3S2/c1-27(24,25)22(14-15-8-3-2-4-9-15)13-7-12-20-18(23)19-21-16-10-5-6-11-17(16)26-19/h2-6,8-11H,7,12-14H2,1H3,(H,20,23). The van der Waals surface area contributed by atoms with Crippen LogP contribution in [0.3, 0.4) is 0 Å². The molecule has 0 aliphatic rings. The highest BCUT2D eigenvalue weighted by Gasteiger charge is 2.17. The molecule has 0 saturated heterocycles. The Hall–Kier alpha value is -2.29. The van der Waals surface area contributed by atoms with Crippen LogP contribution in [0.1, 0.15) is 21.8 Å². The third kappa shape index (κ3) is 5.35. The van der Waals surface area contributed by atoms with Crippen molar-refractivity contribution in [1.29, 1.82) is 0 Å². The van der Waals surface area contributed by atoms with Gasteiger partial charge in [0, 0.05) is 19.6 Å². The van der Waals surface area contributed by atoms with Gasteiger partial charge in [0.2, 0.25) is 10.0 Å². The number of carbonyl (C=O) groups excluding carboxylic acids is 1. The topological polar surface area (TPSA) is 79.4 Å². The average molecular weight is 404 g/mol. The van der Waals surface area contributed by atoms with Crippen LogP contribution in [0.5, 0.6) is 0 Å². The van der Waals surface area contributed by atoms with Crippen molar-refractivity contribution in [3.63, 3.8) is 0 Å². The summed E-state index contributed by atoms with van der Waals surface area (Å²) < 4.78 is 26.4. The van der Waals surface area contributed by atoms with E-state index in [1.807, 2.05) is 54.6 Å². The molecule has 0 unspecified atom stereocenters. The zero-order chi connectivity index (χ0) is 19.3. The summed E-state index contributed by atoms with van der Waals surface area (Å²) in [5, 5.41) is 3.24. The summed E-state index contributed by atoms with van der Waals surface area (Å²) in [6.45, 7) is 1.05. The lowest BCUT2D eigenvalue weighted by atomic mass is 10.2. The molecule has 6 nitrogen and oxygen atoms in total. The Labute approximate surface area is 162 Å². The van der Waals surface area contributed by atoms with Crippen molar-refractivity contribution in [2.75, 3.05) is 19.3 Å². The number of hydrogen-bond acceptors (Lipinski definition) is 5. The van der Waals surface area contributed by atoms with Gasteiger partial charge >= 0.3 is 0 Å². The third-order valence-corrected chi connectivity index (χ3v) is 6.31. The Morgan fingerprint density at radius 3 is 2.52 bits per heavy atom. The lowest BCUT2D eigenvalue weighted by Crippen LogP contribution is -2.33. The molecule has 0 radical (unpaired) electrons. The van der Waals surface area contributed by atoms with Crippen molar-refractivity contribution < 1.29 is 13.2 Å². The van der Waals surface area contributed by atoms with Gasteiger partial charge in [0.05, 0.1) is 16.5 Å². The fourth-order valence-electron chi connectivity index (χ4n) is 2.65. The van der Waals surface area contributed by atoms with Gasteiger partial charge in [0.15, 0.2) is 5.01 Å². The summed E-state index contributed by atoms with van der Waals surface area (Å²) in [5.41, 5.74) is 1.74. The van der Waals surface area contributed by atoms with Gasteiger partial charge in [-0.1, -0.05) is 42.5 Å². The summed E-state index contributed by atoms with van der Waals surface area (Å²) in [6, 6.07) is 17.0. The number of fused-ring (bicyclic) bond motifs is 1. The van der Waals surface area contributed by atoms with Crippen LogP contribution < -0.4 is 5.32 Å². The molecule has 0 bridgehead atoms. The second kappa shape index (κ2) is 8.60. The molecule has 1 heterocycles. The van der Waals surface area contributed by atoms with Crippen LogP contribution in [-0.2, 0) is 16.6 Å². The van der Waals surface area contributed by atoms with Gasteiger partial charge in [0.25, 0.3) is 5.91 Å². The van der Waals surface area contributed by atoms with Crippen molar-refractivity contribution in [2.24, 2.45) is 0 Å². The van der Waals surface area contributed by atoms with Crippen molar-refractivity contribution in [1.82, 2.24) is 14.6 Å². The highest BCUT2D eigenvalue weighted by molar-refractivity contribution is 7.88. The van der Waals surface area contributed by atoms with E-state index in [-0.39, 0.29) is 5.91 Å². The summed E-state index contributed by atoms with van der Waals surface area (Å²) in [5.74, 6) is -0.231. The highest BCUT2D eigenvalue weighted by Crippen LogP contribution is 2.21. The minimum Gasteiger partial charge on any atom is -0.350 e. The zero-order valence-electron chi connectivity index (χ0n) is 15.0. The number of nitrogens with one attached hydrogen (secondary N) is 1. The molecule has 1 N–H and O–H groups in total. The molecular weight excluding hydrogens is 382 g/mol. The second-order valence-corrected chi connectivity index (χ2v) is 9.19. The van der Waals surface area contributed by atoms with Crippen LogP contribution in [0, 0.1) is 0 Å². The quantitative estimate of drug-likeness (QED) is 0.587. The van der Waals surface area contributed by atoms with Crippen LogP contribution in [0.2, 0.25) is 0 Å². The molecule has 3 aromatic rings. The molecule has 0 atom stereocenters. The minimum atomic E-state index is -3.32. The lowest BCUT2D eigenvalue weighted by molar-refractivity contribution is 0.0952. The number of aromatic nitrogens is 1. The van der Waals surface area contributed by atoms with Crippen LogP contribution in [0.4, 0.5) is 0 Å². The number of amides is 1. The molecule has 0 saturated carbocycles. The second-order valence-electron chi connectivity index (χ2n) is 6.18. The highest BCUT2D eigenvalue weighted by atomic mass is 32.2. The molecule has 0 spiro atoms. The van der Waals surface area contributed by atoms with Gasteiger partial charge in [-0.3, -0.25) is 4.79 Å². The molecule has 3 rings (SSSR count). The van der Waals surface area contributed by atoms with E-state index >= 15 is 0 Å². The molecule has 1 aromatic heterocycles. The number of nitrogens with zero attached hydrogens (tertiary/aromatic N) is 2. The van der Waals surface area contributed by atoms with Gasteiger partial charge in [0.1, 0.15) is 0 Å². The number of sulfonamides is 1. The molecule has 0 aliphatic carbocycles. The monoisotopic (exact) mass is 403 g/mol. The third-order valence-electron chi connectivity index (χ3n) is 4.03. The Morgan fingerprint density at radius 1 is 1.11 bits per heavy atom. The predicted octanol–water partition coefficient (Wildman–Crippen LogP) is 2.88. The number of para-hydroxylation sites is 1. The van der Waals surface area contributed by atoms with Gasteiger partial charge in [-0.25, -0.2) is 13.4 Å². The number of rotatable bonds is 8. The maximum atomic E-state index is 12.3. The van der Waals surface area contributed by atoms with Gasteiger partial charge in [-0.15, -0.1) is 11.3 Å². The van der Waals surface area contributed by atoms with E-state index in [9.17, 15) is 13.2 Å². The number of hydrogen-bond donors (Lipinski definition) is 1. The van der Waals surface area contributed by atoms with Crippen LogP contribution in [0.15, 0.2) is 54.6 Å². The van der Waals surface area contributed by atoms with Crippen molar-refractivity contribution in [3.8, 4) is 0 Å². The smallest absolute Gasteiger partial charge is 0.280 e. The SMILES string of the molecule is CS(=O)(=O)N(CCCNC(=O)c1nc2ccccc2s1)Cc1ccccc1. The van der Waals surface area contributed by atoms with E-state index in [1.165, 1.54) is 21.9 Å². The van der Waals surface area contributed by atoms with Crippen molar-refractivity contribution >= 4 is 37.5 Å². The van der Waals surface area contributed by atoms with Crippen molar-refractivity contribution in [2.45, 2.75) is 13.0 Å². The molecular formula is C19H21N3O3S2. The van der Waals surface area contributed by atoms with E-state index in [2.05, 4.69) is 10.3 Å². The molecule has 0 fully saturated rings. The summed E-state index contributed by atoms with van der Waals surface area (Å²) >= 11 is 1.35. The molecule has 27 heavy (non-hydrogen) atoms. The van der Waals surface area contributed by atoms with E-state index < -0.39 is 10.0 Å². The largest absolute Gasteiger partial charge is 0.350 e. The number of thiazole rings is 1. The molecule has 1 amide bonds. The lowest BCUT2D eigenvalue weighted by Gasteiger charge is -2.20. The van der Waals surface area contributed by atoms with Gasteiger partial charge in [-0.2, -0.15) is 4.31 Å². The van der Waals surface area contributed by atoms with E-state index in [0.717, 1.165) is 15.8 Å². The Kier molecular flexibility index (Phi) is 6.20. The van der Waals surface area contributed by atoms with Crippen molar-refractivity contribution in [3.05, 3.63) is 65.2 Å². The maximum absolute atomic E-state index is 12.3. The Bertz CT molecular complexity index is 984. The van der Waals surface area contributed by atoms with E-state index in [0.29, 0.717) is 31.1 Å². The fourth-order valence-corrected chi connectivity index (χ4v) is 4.38. The van der Waals surface area contributed by atoms with E-state index in [1.54, 1.807) is 0 Å². The molecule has 8 heteroatoms. The van der Waals surface area contributed by atoms with Gasteiger partial charge in [-0.05, 0) is 24.1 Å². The normalized spacial score (nSPS) is 11.8. The minimum absolute atomic E-state index is 0.231. The summed E-state index contributed by atoms with van der Waals surface area (Å²) in [4.78, 5) is 16.6. The number of benzene rings is 2. The fraction of sp³-hybridized carbons (Fsp3) is 0.263. The maximum Gasteiger partial charge on any atom is 0.280 e. The summed E-state index contributed by atoms with van der Waals surface area (Å²) in [7, 11) is -3.32. The Balaban J connectivity index is 1.53. The molecule has 142 valence electrons. The molecule has 2 aromatic carbocycles. The number of carbonyl (C=O) groups is 1. The first-order valence-corrected chi connectivity index (χ1v) is 11.2. The summed E-state index contributed by atoms with van der Waals surface area (Å²) in [6.07, 6.45) is 1.73. The predicted molar refractivity (Wildman–Crippen MR) is 108 cm³/mol. The van der Waals surface area contributed by atoms with E-state index in [4.69, 9.17) is 0 Å². The first kappa shape index (κ1) is 19.5. The van der Waals surface area contributed by atoms with Crippen LogP contribution in [0.25, 0.3) is 10.2 Å². The molecule has 0 aliphatic heterocycles. The van der Waals surface area contributed by atoms with Gasteiger partial charge < -0.3 is 5.32 Å². The Morgan fingerprint density at radius 2 is 1.81 bits per heavy atom. The zero-order valence-corrected chi connectivity index (χ0v) is 16.6. The first-order chi connectivity index (χ1) is 12.9.